The molecule has 0 saturated carbocycles. The molecule has 0 heterocycles. The molecule has 0 radical (unpaired) electrons. The molecule has 0 fully saturated rings. The van der Waals surface area contributed by atoms with Crippen molar-refractivity contribution in [3.63, 3.8) is 0 Å². The van der Waals surface area contributed by atoms with Gasteiger partial charge in [0.1, 0.15) is 0 Å². The zero-order valence-corrected chi connectivity index (χ0v) is 41.9. The minimum absolute atomic E-state index is 0.000680. The summed E-state index contributed by atoms with van der Waals surface area (Å²) in [5.74, 6) is -0.0456. The molecule has 0 rings (SSSR count). The first-order chi connectivity index (χ1) is 30.5. The number of carbonyl (C=O) groups is 2. The van der Waals surface area contributed by atoms with Crippen molar-refractivity contribution < 1.29 is 24.5 Å². The molecular weight excluding hydrogens is 767 g/mol. The van der Waals surface area contributed by atoms with Gasteiger partial charge in [-0.2, -0.15) is 0 Å². The van der Waals surface area contributed by atoms with E-state index in [1.54, 1.807) is 0 Å². The monoisotopic (exact) mass is 876 g/mol. The van der Waals surface area contributed by atoms with Crippen LogP contribution in [0.5, 0.6) is 0 Å². The van der Waals surface area contributed by atoms with Gasteiger partial charge >= 0.3 is 5.97 Å². The van der Waals surface area contributed by atoms with E-state index in [9.17, 15) is 19.8 Å². The SMILES string of the molecule is CCCCCCCCCCCCCCCCCCC(O)C(CO)NC(=O)CCCCCCCCC/C=C\CCCCCCCCOC(=O)CCCCCCCCCCCCCC. The number of allylic oxidation sites excluding steroid dienone is 2. The summed E-state index contributed by atoms with van der Waals surface area (Å²) >= 11 is 0. The quantitative estimate of drug-likeness (QED) is 0.0321. The molecule has 368 valence electrons. The van der Waals surface area contributed by atoms with Gasteiger partial charge in [-0.1, -0.05) is 257 Å². The number of hydrogen-bond donors (Lipinski definition) is 3. The fraction of sp³-hybridized carbons (Fsp3) is 0.929. The Hall–Kier alpha value is -1.40. The van der Waals surface area contributed by atoms with Crippen LogP contribution in [0.2, 0.25) is 0 Å². The van der Waals surface area contributed by atoms with Crippen LogP contribution in [0.25, 0.3) is 0 Å². The lowest BCUT2D eigenvalue weighted by Gasteiger charge is -2.22. The molecule has 0 aliphatic heterocycles. The van der Waals surface area contributed by atoms with Gasteiger partial charge in [0, 0.05) is 12.8 Å². The van der Waals surface area contributed by atoms with Gasteiger partial charge in [-0.05, 0) is 51.4 Å². The van der Waals surface area contributed by atoms with Crippen LogP contribution < -0.4 is 5.32 Å². The predicted molar refractivity (Wildman–Crippen MR) is 269 cm³/mol. The molecule has 0 saturated heterocycles. The molecule has 0 aromatic rings. The summed E-state index contributed by atoms with van der Waals surface area (Å²) < 4.78 is 5.46. The first-order valence-corrected chi connectivity index (χ1v) is 27.9. The van der Waals surface area contributed by atoms with Crippen molar-refractivity contribution in [2.45, 2.75) is 321 Å². The summed E-state index contributed by atoms with van der Waals surface area (Å²) in [6, 6.07) is -0.549. The van der Waals surface area contributed by atoms with Crippen molar-refractivity contribution >= 4 is 11.9 Å². The average Bonchev–Trinajstić information content (AvgIpc) is 3.27. The molecule has 62 heavy (non-hydrogen) atoms. The molecule has 0 aromatic carbocycles. The number of carbonyl (C=O) groups excluding carboxylic acids is 2. The van der Waals surface area contributed by atoms with Crippen molar-refractivity contribution in [3.05, 3.63) is 12.2 Å². The van der Waals surface area contributed by atoms with Crippen molar-refractivity contribution in [1.29, 1.82) is 0 Å². The van der Waals surface area contributed by atoms with E-state index >= 15 is 0 Å². The van der Waals surface area contributed by atoms with Crippen LogP contribution in [-0.4, -0.2) is 47.4 Å². The number of nitrogens with one attached hydrogen (secondary N) is 1. The molecule has 1 amide bonds. The Bertz CT molecular complexity index is 924. The second kappa shape index (κ2) is 52.2. The van der Waals surface area contributed by atoms with Gasteiger partial charge in [0.05, 0.1) is 25.4 Å². The lowest BCUT2D eigenvalue weighted by molar-refractivity contribution is -0.143. The number of esters is 1. The smallest absolute Gasteiger partial charge is 0.305 e. The lowest BCUT2D eigenvalue weighted by Crippen LogP contribution is -2.45. The Balaban J connectivity index is 3.45. The Labute approximate surface area is 387 Å². The van der Waals surface area contributed by atoms with Crippen LogP contribution in [0.3, 0.4) is 0 Å². The van der Waals surface area contributed by atoms with Crippen LogP contribution in [-0.2, 0) is 14.3 Å². The zero-order valence-electron chi connectivity index (χ0n) is 41.9. The number of rotatable bonds is 52. The van der Waals surface area contributed by atoms with Gasteiger partial charge in [0.25, 0.3) is 0 Å². The summed E-state index contributed by atoms with van der Waals surface area (Å²) in [4.78, 5) is 24.5. The van der Waals surface area contributed by atoms with E-state index in [-0.39, 0.29) is 18.5 Å². The highest BCUT2D eigenvalue weighted by molar-refractivity contribution is 5.76. The number of aliphatic hydroxyl groups is 2. The third-order valence-corrected chi connectivity index (χ3v) is 13.1. The molecule has 0 aromatic heterocycles. The standard InChI is InChI=1S/C56H109NO5/c1-3-5-7-9-11-13-15-17-18-22-25-28-32-36-40-44-48-54(59)53(52-58)57-55(60)49-45-41-37-33-29-26-23-20-19-21-24-27-31-35-39-43-47-51-62-56(61)50-46-42-38-34-30-16-14-12-10-8-6-4-2/h19,21,53-54,58-59H,3-18,20,22-52H2,1-2H3,(H,57,60)/b21-19-. The predicted octanol–water partition coefficient (Wildman–Crippen LogP) is 16.9. The molecule has 3 N–H and O–H groups in total. The Morgan fingerprint density at radius 1 is 0.435 bits per heavy atom. The molecule has 0 aliphatic rings. The molecule has 6 heteroatoms. The van der Waals surface area contributed by atoms with Gasteiger partial charge in [0.2, 0.25) is 5.91 Å². The number of amides is 1. The van der Waals surface area contributed by atoms with Crippen LogP contribution in [0.15, 0.2) is 12.2 Å². The van der Waals surface area contributed by atoms with E-state index < -0.39 is 12.1 Å². The highest BCUT2D eigenvalue weighted by Crippen LogP contribution is 2.17. The van der Waals surface area contributed by atoms with Crippen LogP contribution in [0.4, 0.5) is 0 Å². The van der Waals surface area contributed by atoms with Crippen LogP contribution in [0, 0.1) is 0 Å². The molecule has 0 aliphatic carbocycles. The fourth-order valence-corrected chi connectivity index (χ4v) is 8.75. The third-order valence-electron chi connectivity index (χ3n) is 13.1. The number of ether oxygens (including phenoxy) is 1. The first kappa shape index (κ1) is 60.6. The van der Waals surface area contributed by atoms with E-state index in [0.717, 1.165) is 51.4 Å². The summed E-state index contributed by atoms with van der Waals surface area (Å²) in [5, 5.41) is 23.3. The van der Waals surface area contributed by atoms with Gasteiger partial charge < -0.3 is 20.3 Å². The van der Waals surface area contributed by atoms with Crippen LogP contribution in [0.1, 0.15) is 309 Å². The maximum atomic E-state index is 12.5. The minimum atomic E-state index is -0.671. The highest BCUT2D eigenvalue weighted by atomic mass is 16.5. The maximum absolute atomic E-state index is 12.5. The van der Waals surface area contributed by atoms with Crippen LogP contribution >= 0.6 is 0 Å². The number of hydrogen-bond acceptors (Lipinski definition) is 5. The maximum Gasteiger partial charge on any atom is 0.305 e. The first-order valence-electron chi connectivity index (χ1n) is 27.9. The second-order valence-corrected chi connectivity index (χ2v) is 19.3. The number of aliphatic hydroxyl groups excluding tert-OH is 2. The average molecular weight is 876 g/mol. The van der Waals surface area contributed by atoms with Crippen molar-refractivity contribution in [1.82, 2.24) is 5.32 Å². The molecule has 6 nitrogen and oxygen atoms in total. The summed E-state index contributed by atoms with van der Waals surface area (Å²) in [7, 11) is 0. The lowest BCUT2D eigenvalue weighted by atomic mass is 10.0. The zero-order chi connectivity index (χ0) is 45.1. The minimum Gasteiger partial charge on any atom is -0.466 e. The molecule has 0 bridgehead atoms. The van der Waals surface area contributed by atoms with Gasteiger partial charge in [-0.15, -0.1) is 0 Å². The van der Waals surface area contributed by atoms with Gasteiger partial charge in [-0.25, -0.2) is 0 Å². The number of unbranched alkanes of at least 4 members (excludes halogenated alkanes) is 39. The topological polar surface area (TPSA) is 95.9 Å². The van der Waals surface area contributed by atoms with E-state index in [1.807, 2.05) is 0 Å². The Morgan fingerprint density at radius 2 is 0.758 bits per heavy atom. The van der Waals surface area contributed by atoms with Crippen molar-refractivity contribution in [3.8, 4) is 0 Å². The molecule has 2 unspecified atom stereocenters. The van der Waals surface area contributed by atoms with Crippen molar-refractivity contribution in [2.75, 3.05) is 13.2 Å². The van der Waals surface area contributed by atoms with Crippen molar-refractivity contribution in [2.24, 2.45) is 0 Å². The largest absolute Gasteiger partial charge is 0.466 e. The van der Waals surface area contributed by atoms with E-state index in [1.165, 1.54) is 225 Å². The highest BCUT2D eigenvalue weighted by Gasteiger charge is 2.20. The molecular formula is C56H109NO5. The van der Waals surface area contributed by atoms with E-state index in [2.05, 4.69) is 31.3 Å². The summed E-state index contributed by atoms with van der Waals surface area (Å²) in [6.07, 6.45) is 60.5. The Kier molecular flexibility index (Phi) is 51.0. The Morgan fingerprint density at radius 3 is 1.15 bits per heavy atom. The van der Waals surface area contributed by atoms with E-state index in [4.69, 9.17) is 4.74 Å². The van der Waals surface area contributed by atoms with Gasteiger partial charge in [0.15, 0.2) is 0 Å². The molecule has 0 spiro atoms. The summed E-state index contributed by atoms with van der Waals surface area (Å²) in [6.45, 7) is 4.94. The third kappa shape index (κ3) is 48.1. The summed E-state index contributed by atoms with van der Waals surface area (Å²) in [5.41, 5.74) is 0. The van der Waals surface area contributed by atoms with Gasteiger partial charge in [-0.3, -0.25) is 9.59 Å². The van der Waals surface area contributed by atoms with E-state index in [0.29, 0.717) is 25.9 Å². The molecule has 2 atom stereocenters. The second-order valence-electron chi connectivity index (χ2n) is 19.3. The normalized spacial score (nSPS) is 12.6. The fourth-order valence-electron chi connectivity index (χ4n) is 8.75.